The molecule has 1 aliphatic carbocycles. The van der Waals surface area contributed by atoms with E-state index in [1.807, 2.05) is 0 Å². The molecule has 3 aromatic rings. The predicted molar refractivity (Wildman–Crippen MR) is 118 cm³/mol. The van der Waals surface area contributed by atoms with E-state index in [0.717, 1.165) is 4.47 Å². The van der Waals surface area contributed by atoms with Crippen LogP contribution in [0.1, 0.15) is 12.8 Å². The SMILES string of the molecule is O=c1c(O)c(-c2ccc(Br)cc2OCCO[C@H]2C[C@@H](C(=O)O)C2)oc2c(Cl)cccc12. The van der Waals surface area contributed by atoms with Crippen molar-refractivity contribution >= 4 is 44.5 Å². The van der Waals surface area contributed by atoms with Gasteiger partial charge in [0.05, 0.1) is 34.6 Å². The summed E-state index contributed by atoms with van der Waals surface area (Å²) in [4.78, 5) is 23.5. The van der Waals surface area contributed by atoms with E-state index in [4.69, 9.17) is 30.6 Å². The lowest BCUT2D eigenvalue weighted by Gasteiger charge is -2.32. The molecule has 7 nitrogen and oxygen atoms in total. The molecular formula is C22H18BrClO7. The van der Waals surface area contributed by atoms with Crippen LogP contribution in [0.4, 0.5) is 0 Å². The summed E-state index contributed by atoms with van der Waals surface area (Å²) >= 11 is 9.56. The maximum atomic E-state index is 12.6. The molecule has 1 heterocycles. The quantitative estimate of drug-likeness (QED) is 0.439. The zero-order valence-corrected chi connectivity index (χ0v) is 18.5. The number of hydrogen-bond donors (Lipinski definition) is 2. The third-order valence-electron chi connectivity index (χ3n) is 5.17. The van der Waals surface area contributed by atoms with Crippen LogP contribution in [0.3, 0.4) is 0 Å². The maximum Gasteiger partial charge on any atom is 0.306 e. The van der Waals surface area contributed by atoms with E-state index >= 15 is 0 Å². The fourth-order valence-electron chi connectivity index (χ4n) is 3.43. The maximum absolute atomic E-state index is 12.6. The van der Waals surface area contributed by atoms with Gasteiger partial charge >= 0.3 is 5.97 Å². The Balaban J connectivity index is 1.55. The summed E-state index contributed by atoms with van der Waals surface area (Å²) in [6, 6.07) is 9.81. The fraction of sp³-hybridized carbons (Fsp3) is 0.273. The normalized spacial score (nSPS) is 18.0. The van der Waals surface area contributed by atoms with Gasteiger partial charge in [-0.2, -0.15) is 0 Å². The highest BCUT2D eigenvalue weighted by atomic mass is 79.9. The van der Waals surface area contributed by atoms with Crippen molar-refractivity contribution in [2.24, 2.45) is 5.92 Å². The molecule has 0 unspecified atom stereocenters. The minimum absolute atomic E-state index is 0.0442. The minimum atomic E-state index is -0.799. The van der Waals surface area contributed by atoms with E-state index in [1.54, 1.807) is 30.3 Å². The fourth-order valence-corrected chi connectivity index (χ4v) is 3.98. The van der Waals surface area contributed by atoms with E-state index in [0.29, 0.717) is 24.2 Å². The Labute approximate surface area is 190 Å². The van der Waals surface area contributed by atoms with Gasteiger partial charge in [0.1, 0.15) is 12.4 Å². The van der Waals surface area contributed by atoms with Crippen molar-refractivity contribution < 1.29 is 28.9 Å². The van der Waals surface area contributed by atoms with Gasteiger partial charge in [-0.1, -0.05) is 33.6 Å². The second kappa shape index (κ2) is 8.90. The van der Waals surface area contributed by atoms with Crippen LogP contribution in [0.15, 0.2) is 50.1 Å². The van der Waals surface area contributed by atoms with Crippen molar-refractivity contribution in [3.05, 3.63) is 56.1 Å². The van der Waals surface area contributed by atoms with Gasteiger partial charge in [-0.05, 0) is 43.2 Å². The average molecular weight is 510 g/mol. The highest BCUT2D eigenvalue weighted by Gasteiger charge is 2.35. The molecule has 1 fully saturated rings. The summed E-state index contributed by atoms with van der Waals surface area (Å²) in [6.07, 6.45) is 0.902. The van der Waals surface area contributed by atoms with Crippen molar-refractivity contribution in [3.63, 3.8) is 0 Å². The van der Waals surface area contributed by atoms with Crippen LogP contribution in [0, 0.1) is 5.92 Å². The molecular weight excluding hydrogens is 492 g/mol. The number of carbonyl (C=O) groups is 1. The van der Waals surface area contributed by atoms with Crippen LogP contribution in [-0.4, -0.2) is 35.5 Å². The smallest absolute Gasteiger partial charge is 0.306 e. The molecule has 2 N–H and O–H groups in total. The van der Waals surface area contributed by atoms with Crippen LogP contribution in [0.5, 0.6) is 11.5 Å². The third-order valence-corrected chi connectivity index (χ3v) is 5.96. The van der Waals surface area contributed by atoms with Gasteiger partial charge in [0.2, 0.25) is 11.2 Å². The van der Waals surface area contributed by atoms with Crippen molar-refractivity contribution in [2.45, 2.75) is 18.9 Å². The highest BCUT2D eigenvalue weighted by Crippen LogP contribution is 2.39. The van der Waals surface area contributed by atoms with Crippen LogP contribution < -0.4 is 10.2 Å². The summed E-state index contributed by atoms with van der Waals surface area (Å²) in [7, 11) is 0. The van der Waals surface area contributed by atoms with Crippen LogP contribution in [-0.2, 0) is 9.53 Å². The van der Waals surface area contributed by atoms with E-state index in [9.17, 15) is 14.7 Å². The first-order valence-electron chi connectivity index (χ1n) is 9.56. The Kier molecular flexibility index (Phi) is 6.22. The second-order valence-electron chi connectivity index (χ2n) is 7.21. The Morgan fingerprint density at radius 3 is 2.74 bits per heavy atom. The number of aliphatic carboxylic acids is 1. The van der Waals surface area contributed by atoms with E-state index < -0.39 is 17.1 Å². The van der Waals surface area contributed by atoms with Gasteiger partial charge in [-0.15, -0.1) is 0 Å². The summed E-state index contributed by atoms with van der Waals surface area (Å²) < 4.78 is 18.0. The zero-order chi connectivity index (χ0) is 22.1. The first-order valence-corrected chi connectivity index (χ1v) is 10.7. The number of hydrogen-bond acceptors (Lipinski definition) is 6. The monoisotopic (exact) mass is 508 g/mol. The zero-order valence-electron chi connectivity index (χ0n) is 16.1. The molecule has 1 aliphatic rings. The minimum Gasteiger partial charge on any atom is -0.502 e. The number of carboxylic acid groups (broad SMARTS) is 1. The number of halogens is 2. The molecule has 4 rings (SSSR count). The summed E-state index contributed by atoms with van der Waals surface area (Å²) in [6.45, 7) is 0.458. The van der Waals surface area contributed by atoms with Crippen molar-refractivity contribution in [1.29, 1.82) is 0 Å². The van der Waals surface area contributed by atoms with Gasteiger partial charge < -0.3 is 24.1 Å². The summed E-state index contributed by atoms with van der Waals surface area (Å²) in [5.74, 6) is -1.34. The molecule has 0 saturated heterocycles. The van der Waals surface area contributed by atoms with Gasteiger partial charge in [0.25, 0.3) is 0 Å². The van der Waals surface area contributed by atoms with E-state index in [1.165, 1.54) is 6.07 Å². The first kappa shape index (κ1) is 21.7. The topological polar surface area (TPSA) is 106 Å². The molecule has 0 amide bonds. The van der Waals surface area contributed by atoms with E-state index in [-0.39, 0.29) is 47.0 Å². The highest BCUT2D eigenvalue weighted by molar-refractivity contribution is 9.10. The molecule has 31 heavy (non-hydrogen) atoms. The average Bonchev–Trinajstić information content (AvgIpc) is 2.69. The second-order valence-corrected chi connectivity index (χ2v) is 8.54. The summed E-state index contributed by atoms with van der Waals surface area (Å²) in [5.41, 5.74) is -0.0275. The predicted octanol–water partition coefficient (Wildman–Crippen LogP) is 4.84. The lowest BCUT2D eigenvalue weighted by molar-refractivity contribution is -0.151. The van der Waals surface area contributed by atoms with Gasteiger partial charge in [0.15, 0.2) is 11.3 Å². The molecule has 162 valence electrons. The molecule has 2 aromatic carbocycles. The Morgan fingerprint density at radius 2 is 2.00 bits per heavy atom. The summed E-state index contributed by atoms with van der Waals surface area (Å²) in [5, 5.41) is 19.9. The first-order chi connectivity index (χ1) is 14.8. The lowest BCUT2D eigenvalue weighted by atomic mass is 9.82. The number of rotatable bonds is 7. The van der Waals surface area contributed by atoms with Crippen LogP contribution in [0.2, 0.25) is 5.02 Å². The van der Waals surface area contributed by atoms with Crippen LogP contribution >= 0.6 is 27.5 Å². The molecule has 0 bridgehead atoms. The van der Waals surface area contributed by atoms with Crippen LogP contribution in [0.25, 0.3) is 22.3 Å². The number of benzene rings is 2. The van der Waals surface area contributed by atoms with Gasteiger partial charge in [-0.3, -0.25) is 9.59 Å². The van der Waals surface area contributed by atoms with E-state index in [2.05, 4.69) is 15.9 Å². The molecule has 0 spiro atoms. The van der Waals surface area contributed by atoms with Gasteiger partial charge in [0, 0.05) is 4.47 Å². The number of para-hydroxylation sites is 1. The molecule has 0 aliphatic heterocycles. The number of ether oxygens (including phenoxy) is 2. The van der Waals surface area contributed by atoms with Gasteiger partial charge in [-0.25, -0.2) is 0 Å². The molecule has 0 atom stereocenters. The molecule has 0 radical (unpaired) electrons. The molecule has 9 heteroatoms. The number of carboxylic acids is 1. The van der Waals surface area contributed by atoms with Crippen molar-refractivity contribution in [1.82, 2.24) is 0 Å². The Morgan fingerprint density at radius 1 is 1.23 bits per heavy atom. The Hall–Kier alpha value is -2.55. The molecule has 1 aromatic heterocycles. The van der Waals surface area contributed by atoms with Crippen molar-refractivity contribution in [3.8, 4) is 22.8 Å². The number of aromatic hydroxyl groups is 1. The van der Waals surface area contributed by atoms with Crippen molar-refractivity contribution in [2.75, 3.05) is 13.2 Å². The third kappa shape index (κ3) is 4.42. The largest absolute Gasteiger partial charge is 0.502 e. The number of fused-ring (bicyclic) bond motifs is 1. The lowest BCUT2D eigenvalue weighted by Crippen LogP contribution is -2.37. The standard InChI is InChI=1S/C22H18BrClO7/c23-12-4-5-14(17(10-12)30-7-6-29-13-8-11(9-13)22(27)28)21-19(26)18(25)15-2-1-3-16(24)20(15)31-21/h1-5,10-11,13,26H,6-9H2,(H,27,28)/t11-,13+. The Bertz CT molecular complexity index is 1200. The molecule has 1 saturated carbocycles.